The molecule has 0 aliphatic heterocycles. The maximum absolute atomic E-state index is 10.9. The van der Waals surface area contributed by atoms with Gasteiger partial charge in [0.05, 0.1) is 16.4 Å². The number of carboxylic acids is 1. The molecule has 2 aromatic heterocycles. The van der Waals surface area contributed by atoms with Gasteiger partial charge >= 0.3 is 5.97 Å². The number of nitrogens with zero attached hydrogens (tertiary/aromatic N) is 3. The van der Waals surface area contributed by atoms with E-state index in [-0.39, 0.29) is 5.69 Å². The number of aryl methyl sites for hydroxylation is 2. The molecular formula is C13H14ClN3O2S. The summed E-state index contributed by atoms with van der Waals surface area (Å²) in [6.45, 7) is 4.63. The van der Waals surface area contributed by atoms with Gasteiger partial charge in [0.25, 0.3) is 0 Å². The van der Waals surface area contributed by atoms with Crippen LogP contribution in [0.3, 0.4) is 0 Å². The van der Waals surface area contributed by atoms with Crippen LogP contribution in [0.15, 0.2) is 23.2 Å². The molecule has 0 radical (unpaired) electrons. The molecule has 2 heterocycles. The predicted molar refractivity (Wildman–Crippen MR) is 78.4 cm³/mol. The first-order valence-electron chi connectivity index (χ1n) is 6.06. The molecule has 0 amide bonds. The van der Waals surface area contributed by atoms with E-state index in [0.29, 0.717) is 10.8 Å². The van der Waals surface area contributed by atoms with Crippen LogP contribution in [-0.4, -0.2) is 25.8 Å². The van der Waals surface area contributed by atoms with Crippen molar-refractivity contribution in [3.8, 4) is 0 Å². The van der Waals surface area contributed by atoms with E-state index >= 15 is 0 Å². The van der Waals surface area contributed by atoms with Gasteiger partial charge in [0, 0.05) is 23.4 Å². The van der Waals surface area contributed by atoms with Crippen molar-refractivity contribution < 1.29 is 9.90 Å². The molecule has 0 saturated carbocycles. The molecule has 0 fully saturated rings. The zero-order chi connectivity index (χ0) is 14.7. The number of carboxylic acid groups (broad SMARTS) is 1. The first kappa shape index (κ1) is 14.9. The van der Waals surface area contributed by atoms with Crippen molar-refractivity contribution in [2.24, 2.45) is 0 Å². The van der Waals surface area contributed by atoms with Gasteiger partial charge in [-0.15, -0.1) is 11.8 Å². The number of rotatable bonds is 5. The highest BCUT2D eigenvalue weighted by Gasteiger charge is 2.13. The van der Waals surface area contributed by atoms with Crippen LogP contribution >= 0.6 is 23.4 Å². The Kier molecular flexibility index (Phi) is 4.67. The lowest BCUT2D eigenvalue weighted by molar-refractivity contribution is 0.0690. The van der Waals surface area contributed by atoms with Crippen LogP contribution in [-0.2, 0) is 12.3 Å². The van der Waals surface area contributed by atoms with Gasteiger partial charge < -0.3 is 5.11 Å². The van der Waals surface area contributed by atoms with E-state index in [9.17, 15) is 4.79 Å². The largest absolute Gasteiger partial charge is 0.477 e. The van der Waals surface area contributed by atoms with Crippen LogP contribution in [0.4, 0.5) is 0 Å². The SMILES string of the molecule is CCn1nc(C)c(Cl)c1CSc1ccnc(C(=O)O)c1. The first-order valence-corrected chi connectivity index (χ1v) is 7.43. The van der Waals surface area contributed by atoms with Gasteiger partial charge in [0.15, 0.2) is 0 Å². The van der Waals surface area contributed by atoms with Crippen molar-refractivity contribution in [3.63, 3.8) is 0 Å². The molecule has 0 aliphatic rings. The fourth-order valence-electron chi connectivity index (χ4n) is 1.78. The lowest BCUT2D eigenvalue weighted by Gasteiger charge is -2.05. The van der Waals surface area contributed by atoms with Gasteiger partial charge in [-0.1, -0.05) is 11.6 Å². The number of carbonyl (C=O) groups is 1. The highest BCUT2D eigenvalue weighted by molar-refractivity contribution is 7.98. The highest BCUT2D eigenvalue weighted by atomic mass is 35.5. The molecule has 0 spiro atoms. The normalized spacial score (nSPS) is 10.8. The number of aromatic nitrogens is 3. The van der Waals surface area contributed by atoms with E-state index < -0.39 is 5.97 Å². The molecule has 0 saturated heterocycles. The Balaban J connectivity index is 2.16. The van der Waals surface area contributed by atoms with Gasteiger partial charge in [-0.05, 0) is 26.0 Å². The number of thioether (sulfide) groups is 1. The van der Waals surface area contributed by atoms with Gasteiger partial charge in [-0.2, -0.15) is 5.10 Å². The summed E-state index contributed by atoms with van der Waals surface area (Å²) in [4.78, 5) is 15.5. The number of halogens is 1. The van der Waals surface area contributed by atoms with Crippen LogP contribution < -0.4 is 0 Å². The Morgan fingerprint density at radius 3 is 2.95 bits per heavy atom. The Labute approximate surface area is 126 Å². The molecule has 0 aliphatic carbocycles. The predicted octanol–water partition coefficient (Wildman–Crippen LogP) is 3.25. The Bertz CT molecular complexity index is 643. The molecule has 0 aromatic carbocycles. The molecule has 2 rings (SSSR count). The van der Waals surface area contributed by atoms with Crippen molar-refractivity contribution in [1.29, 1.82) is 0 Å². The van der Waals surface area contributed by atoms with Crippen LogP contribution in [0.1, 0.15) is 28.8 Å². The van der Waals surface area contributed by atoms with E-state index in [0.717, 1.165) is 22.8 Å². The van der Waals surface area contributed by atoms with Gasteiger partial charge in [-0.25, -0.2) is 9.78 Å². The van der Waals surface area contributed by atoms with Gasteiger partial charge in [-0.3, -0.25) is 4.68 Å². The minimum atomic E-state index is -1.03. The van der Waals surface area contributed by atoms with Crippen LogP contribution in [0.25, 0.3) is 0 Å². The number of aromatic carboxylic acids is 1. The zero-order valence-electron chi connectivity index (χ0n) is 11.1. The van der Waals surface area contributed by atoms with Crippen molar-refractivity contribution in [3.05, 3.63) is 40.4 Å². The van der Waals surface area contributed by atoms with Gasteiger partial charge in [0.2, 0.25) is 0 Å². The Hall–Kier alpha value is -1.53. The summed E-state index contributed by atoms with van der Waals surface area (Å²) < 4.78 is 1.87. The maximum atomic E-state index is 10.9. The molecule has 1 N–H and O–H groups in total. The molecular weight excluding hydrogens is 298 g/mol. The second-order valence-electron chi connectivity index (χ2n) is 4.13. The van der Waals surface area contributed by atoms with Crippen LogP contribution in [0.2, 0.25) is 5.02 Å². The third-order valence-corrected chi connectivity index (χ3v) is 4.28. The topological polar surface area (TPSA) is 68.0 Å². The standard InChI is InChI=1S/C13H14ClN3O2S/c1-3-17-11(12(14)8(2)16-17)7-20-9-4-5-15-10(6-9)13(18)19/h4-6H,3,7H2,1-2H3,(H,18,19). The summed E-state index contributed by atoms with van der Waals surface area (Å²) in [5.41, 5.74) is 1.80. The number of pyridine rings is 1. The summed E-state index contributed by atoms with van der Waals surface area (Å²) in [7, 11) is 0. The van der Waals surface area contributed by atoms with Crippen LogP contribution in [0, 0.1) is 6.92 Å². The number of hydrogen-bond donors (Lipinski definition) is 1. The minimum absolute atomic E-state index is 0.0428. The van der Waals surface area contributed by atoms with E-state index in [1.807, 2.05) is 18.5 Å². The van der Waals surface area contributed by atoms with Gasteiger partial charge in [0.1, 0.15) is 5.69 Å². The molecule has 2 aromatic rings. The summed E-state index contributed by atoms with van der Waals surface area (Å²) in [6, 6.07) is 3.34. The second kappa shape index (κ2) is 6.28. The summed E-state index contributed by atoms with van der Waals surface area (Å²) in [5, 5.41) is 13.9. The van der Waals surface area contributed by atoms with E-state index in [1.54, 1.807) is 12.1 Å². The number of hydrogen-bond acceptors (Lipinski definition) is 4. The smallest absolute Gasteiger partial charge is 0.354 e. The molecule has 5 nitrogen and oxygen atoms in total. The van der Waals surface area contributed by atoms with Crippen molar-refractivity contribution in [1.82, 2.24) is 14.8 Å². The third kappa shape index (κ3) is 3.13. The van der Waals surface area contributed by atoms with Crippen molar-refractivity contribution >= 4 is 29.3 Å². The minimum Gasteiger partial charge on any atom is -0.477 e. The Morgan fingerprint density at radius 1 is 1.55 bits per heavy atom. The highest BCUT2D eigenvalue weighted by Crippen LogP contribution is 2.28. The summed E-state index contributed by atoms with van der Waals surface area (Å²) in [5.74, 6) is -0.392. The molecule has 7 heteroatoms. The first-order chi connectivity index (χ1) is 9.52. The Morgan fingerprint density at radius 2 is 2.30 bits per heavy atom. The average molecular weight is 312 g/mol. The van der Waals surface area contributed by atoms with E-state index in [2.05, 4.69) is 10.1 Å². The fourth-order valence-corrected chi connectivity index (χ4v) is 3.01. The monoisotopic (exact) mass is 311 g/mol. The van der Waals surface area contributed by atoms with Crippen LogP contribution in [0.5, 0.6) is 0 Å². The molecule has 20 heavy (non-hydrogen) atoms. The fraction of sp³-hybridized carbons (Fsp3) is 0.308. The summed E-state index contributed by atoms with van der Waals surface area (Å²) >= 11 is 7.75. The van der Waals surface area contributed by atoms with Crippen molar-refractivity contribution in [2.75, 3.05) is 0 Å². The van der Waals surface area contributed by atoms with Crippen molar-refractivity contribution in [2.45, 2.75) is 31.0 Å². The lowest BCUT2D eigenvalue weighted by atomic mass is 10.3. The molecule has 106 valence electrons. The zero-order valence-corrected chi connectivity index (χ0v) is 12.7. The quantitative estimate of drug-likeness (QED) is 0.858. The third-order valence-electron chi connectivity index (χ3n) is 2.78. The maximum Gasteiger partial charge on any atom is 0.354 e. The second-order valence-corrected chi connectivity index (χ2v) is 5.56. The molecule has 0 bridgehead atoms. The lowest BCUT2D eigenvalue weighted by Crippen LogP contribution is -2.02. The van der Waals surface area contributed by atoms with E-state index in [1.165, 1.54) is 18.0 Å². The molecule has 0 atom stereocenters. The summed E-state index contributed by atoms with van der Waals surface area (Å²) in [6.07, 6.45) is 1.50. The molecule has 0 unspecified atom stereocenters. The average Bonchev–Trinajstić information content (AvgIpc) is 2.72. The van der Waals surface area contributed by atoms with E-state index in [4.69, 9.17) is 16.7 Å².